The van der Waals surface area contributed by atoms with E-state index in [1.54, 1.807) is 0 Å². The monoisotopic (exact) mass is 275 g/mol. The maximum absolute atomic E-state index is 5.68. The van der Waals surface area contributed by atoms with Gasteiger partial charge in [0.1, 0.15) is 0 Å². The molecule has 0 bridgehead atoms. The van der Waals surface area contributed by atoms with E-state index in [1.165, 1.54) is 36.5 Å². The molecular formula is C13H25NOS2. The fourth-order valence-corrected chi connectivity index (χ4v) is 5.64. The highest BCUT2D eigenvalue weighted by molar-refractivity contribution is 8.06. The van der Waals surface area contributed by atoms with E-state index in [-0.39, 0.29) is 0 Å². The van der Waals surface area contributed by atoms with Crippen LogP contribution in [0.2, 0.25) is 0 Å². The second kappa shape index (κ2) is 7.93. The van der Waals surface area contributed by atoms with Gasteiger partial charge >= 0.3 is 0 Å². The molecule has 2 fully saturated rings. The highest BCUT2D eigenvalue weighted by Gasteiger charge is 2.31. The van der Waals surface area contributed by atoms with Gasteiger partial charge < -0.3 is 10.1 Å². The molecule has 1 N–H and O–H groups in total. The molecule has 17 heavy (non-hydrogen) atoms. The molecule has 0 saturated carbocycles. The zero-order valence-corrected chi connectivity index (χ0v) is 12.5. The number of rotatable bonds is 5. The van der Waals surface area contributed by atoms with Crippen molar-refractivity contribution in [1.82, 2.24) is 5.32 Å². The summed E-state index contributed by atoms with van der Waals surface area (Å²) in [5.41, 5.74) is 0. The van der Waals surface area contributed by atoms with E-state index in [1.807, 2.05) is 0 Å². The zero-order chi connectivity index (χ0) is 11.9. The number of hydrogen-bond acceptors (Lipinski definition) is 4. The van der Waals surface area contributed by atoms with Gasteiger partial charge in [-0.1, -0.05) is 6.92 Å². The fourth-order valence-electron chi connectivity index (χ4n) is 2.67. The smallest absolute Gasteiger partial charge is 0.0509 e. The molecule has 3 atom stereocenters. The molecule has 2 aliphatic rings. The quantitative estimate of drug-likeness (QED) is 0.832. The molecule has 2 rings (SSSR count). The molecule has 4 heteroatoms. The van der Waals surface area contributed by atoms with E-state index in [9.17, 15) is 0 Å². The summed E-state index contributed by atoms with van der Waals surface area (Å²) in [5, 5.41) is 4.59. The molecule has 2 heterocycles. The van der Waals surface area contributed by atoms with Crippen molar-refractivity contribution in [3.63, 3.8) is 0 Å². The molecular weight excluding hydrogens is 250 g/mol. The van der Waals surface area contributed by atoms with Crippen LogP contribution < -0.4 is 5.32 Å². The fraction of sp³-hybridized carbons (Fsp3) is 1.00. The summed E-state index contributed by atoms with van der Waals surface area (Å²) in [6.07, 6.45) is 3.83. The van der Waals surface area contributed by atoms with E-state index in [0.29, 0.717) is 6.04 Å². The molecule has 3 unspecified atom stereocenters. The first-order valence-electron chi connectivity index (χ1n) is 6.92. The number of nitrogens with one attached hydrogen (secondary N) is 1. The lowest BCUT2D eigenvalue weighted by atomic mass is 9.91. The van der Waals surface area contributed by atoms with E-state index < -0.39 is 0 Å². The van der Waals surface area contributed by atoms with Gasteiger partial charge in [-0.15, -0.1) is 0 Å². The molecule has 2 saturated heterocycles. The van der Waals surface area contributed by atoms with Crippen LogP contribution in [0.1, 0.15) is 26.2 Å². The van der Waals surface area contributed by atoms with E-state index >= 15 is 0 Å². The minimum absolute atomic E-state index is 0.674. The Hall–Kier alpha value is 0.620. The average Bonchev–Trinajstić information content (AvgIpc) is 2.42. The van der Waals surface area contributed by atoms with Crippen molar-refractivity contribution in [2.24, 2.45) is 5.92 Å². The molecule has 0 radical (unpaired) electrons. The summed E-state index contributed by atoms with van der Waals surface area (Å²) in [4.78, 5) is 0. The summed E-state index contributed by atoms with van der Waals surface area (Å²) in [5.74, 6) is 4.73. The predicted octanol–water partition coefficient (Wildman–Crippen LogP) is 2.63. The van der Waals surface area contributed by atoms with Crippen molar-refractivity contribution in [1.29, 1.82) is 0 Å². The number of hydrogen-bond donors (Lipinski definition) is 1. The van der Waals surface area contributed by atoms with Crippen molar-refractivity contribution >= 4 is 23.5 Å². The van der Waals surface area contributed by atoms with Crippen molar-refractivity contribution in [3.8, 4) is 0 Å². The second-order valence-corrected chi connectivity index (χ2v) is 7.44. The summed E-state index contributed by atoms with van der Waals surface area (Å²) >= 11 is 4.30. The molecule has 0 aliphatic carbocycles. The summed E-state index contributed by atoms with van der Waals surface area (Å²) < 4.78 is 5.68. The van der Waals surface area contributed by atoms with Gasteiger partial charge in [-0.25, -0.2) is 0 Å². The van der Waals surface area contributed by atoms with Crippen molar-refractivity contribution in [2.75, 3.05) is 37.0 Å². The molecule has 0 spiro atoms. The first kappa shape index (κ1) is 14.0. The third kappa shape index (κ3) is 4.34. The molecule has 0 amide bonds. The largest absolute Gasteiger partial charge is 0.381 e. The standard InChI is InChI=1S/C13H25NOS2/c1-2-5-14-13(11-4-3-6-15-9-11)12-10-16-7-8-17-12/h11-14H,2-10H2,1H3. The lowest BCUT2D eigenvalue weighted by Gasteiger charge is -2.37. The Balaban J connectivity index is 1.90. The van der Waals surface area contributed by atoms with Gasteiger partial charge in [0.2, 0.25) is 0 Å². The molecule has 0 aromatic carbocycles. The average molecular weight is 275 g/mol. The summed E-state index contributed by atoms with van der Waals surface area (Å²) in [6.45, 7) is 5.36. The summed E-state index contributed by atoms with van der Waals surface area (Å²) in [6, 6.07) is 0.674. The van der Waals surface area contributed by atoms with Crippen LogP contribution >= 0.6 is 23.5 Å². The zero-order valence-electron chi connectivity index (χ0n) is 10.8. The highest BCUT2D eigenvalue weighted by Crippen LogP contribution is 2.31. The number of ether oxygens (including phenoxy) is 1. The van der Waals surface area contributed by atoms with Crippen LogP contribution in [0.15, 0.2) is 0 Å². The van der Waals surface area contributed by atoms with Gasteiger partial charge in [0, 0.05) is 35.2 Å². The van der Waals surface area contributed by atoms with Crippen LogP contribution in [-0.4, -0.2) is 48.3 Å². The summed E-state index contributed by atoms with van der Waals surface area (Å²) in [7, 11) is 0. The van der Waals surface area contributed by atoms with Crippen LogP contribution in [0.4, 0.5) is 0 Å². The maximum atomic E-state index is 5.68. The molecule has 2 nitrogen and oxygen atoms in total. The van der Waals surface area contributed by atoms with Crippen molar-refractivity contribution in [2.45, 2.75) is 37.5 Å². The Bertz CT molecular complexity index is 186. The maximum Gasteiger partial charge on any atom is 0.0509 e. The van der Waals surface area contributed by atoms with Crippen LogP contribution in [0, 0.1) is 5.92 Å². The Morgan fingerprint density at radius 2 is 2.35 bits per heavy atom. The highest BCUT2D eigenvalue weighted by atomic mass is 32.2. The van der Waals surface area contributed by atoms with E-state index in [4.69, 9.17) is 4.74 Å². The Morgan fingerprint density at radius 1 is 1.41 bits per heavy atom. The first-order chi connectivity index (χ1) is 8.42. The normalized spacial score (nSPS) is 32.3. The van der Waals surface area contributed by atoms with Gasteiger partial charge in [-0.3, -0.25) is 0 Å². The molecule has 2 aliphatic heterocycles. The van der Waals surface area contributed by atoms with Gasteiger partial charge in [0.15, 0.2) is 0 Å². The molecule has 100 valence electrons. The van der Waals surface area contributed by atoms with Crippen LogP contribution in [0.5, 0.6) is 0 Å². The Morgan fingerprint density at radius 3 is 3.00 bits per heavy atom. The van der Waals surface area contributed by atoms with E-state index in [2.05, 4.69) is 35.8 Å². The van der Waals surface area contributed by atoms with E-state index in [0.717, 1.165) is 30.9 Å². The Labute approximate surface area is 114 Å². The lowest BCUT2D eigenvalue weighted by molar-refractivity contribution is 0.0397. The predicted molar refractivity (Wildman–Crippen MR) is 79.2 cm³/mol. The lowest BCUT2D eigenvalue weighted by Crippen LogP contribution is -2.49. The van der Waals surface area contributed by atoms with Crippen LogP contribution in [-0.2, 0) is 4.74 Å². The van der Waals surface area contributed by atoms with Crippen molar-refractivity contribution < 1.29 is 4.74 Å². The third-order valence-corrected chi connectivity index (χ3v) is 6.46. The second-order valence-electron chi connectivity index (χ2n) is 4.94. The van der Waals surface area contributed by atoms with Gasteiger partial charge in [0.25, 0.3) is 0 Å². The number of thioether (sulfide) groups is 2. The van der Waals surface area contributed by atoms with Crippen LogP contribution in [0.25, 0.3) is 0 Å². The minimum Gasteiger partial charge on any atom is -0.381 e. The first-order valence-corrected chi connectivity index (χ1v) is 9.12. The van der Waals surface area contributed by atoms with Gasteiger partial charge in [-0.05, 0) is 31.7 Å². The molecule has 0 aromatic heterocycles. The van der Waals surface area contributed by atoms with Gasteiger partial charge in [-0.2, -0.15) is 23.5 Å². The molecule has 0 aromatic rings. The minimum atomic E-state index is 0.674. The third-order valence-electron chi connectivity index (χ3n) is 3.58. The van der Waals surface area contributed by atoms with Crippen LogP contribution in [0.3, 0.4) is 0 Å². The Kier molecular flexibility index (Phi) is 6.54. The van der Waals surface area contributed by atoms with Gasteiger partial charge in [0.05, 0.1) is 6.61 Å². The topological polar surface area (TPSA) is 21.3 Å². The SMILES string of the molecule is CCCNC(C1CCCOC1)C1CSCCS1. The van der Waals surface area contributed by atoms with Crippen molar-refractivity contribution in [3.05, 3.63) is 0 Å².